The van der Waals surface area contributed by atoms with Crippen LogP contribution < -0.4 is 5.32 Å². The zero-order valence-electron chi connectivity index (χ0n) is 12.4. The third-order valence-electron chi connectivity index (χ3n) is 5.42. The lowest BCUT2D eigenvalue weighted by atomic mass is 9.78. The molecule has 0 aromatic rings. The third kappa shape index (κ3) is 2.53. The number of likely N-dealkylation sites (tertiary alicyclic amines) is 1. The van der Waals surface area contributed by atoms with Crippen molar-refractivity contribution in [1.29, 1.82) is 5.26 Å². The van der Waals surface area contributed by atoms with Gasteiger partial charge in [-0.1, -0.05) is 0 Å². The third-order valence-corrected chi connectivity index (χ3v) is 5.42. The van der Waals surface area contributed by atoms with Crippen LogP contribution in [0.1, 0.15) is 58.8 Å². The van der Waals surface area contributed by atoms with Gasteiger partial charge in [-0.3, -0.25) is 10.2 Å². The van der Waals surface area contributed by atoms with Crippen molar-refractivity contribution in [2.24, 2.45) is 5.92 Å². The summed E-state index contributed by atoms with van der Waals surface area (Å²) in [5.74, 6) is 0.960. The molecule has 3 rings (SSSR count). The van der Waals surface area contributed by atoms with E-state index in [1.54, 1.807) is 0 Å². The highest BCUT2D eigenvalue weighted by Gasteiger charge is 2.45. The number of nitrogens with zero attached hydrogens (tertiary/aromatic N) is 2. The molecule has 2 saturated carbocycles. The molecule has 3 aliphatic rings. The lowest BCUT2D eigenvalue weighted by molar-refractivity contribution is 0.0884. The predicted octanol–water partition coefficient (Wildman–Crippen LogP) is 2.67. The summed E-state index contributed by atoms with van der Waals surface area (Å²) in [6.45, 7) is 5.61. The van der Waals surface area contributed by atoms with E-state index < -0.39 is 0 Å². The molecule has 1 heterocycles. The van der Waals surface area contributed by atoms with Crippen molar-refractivity contribution in [3.63, 3.8) is 0 Å². The monoisotopic (exact) mass is 261 g/mol. The Morgan fingerprint density at radius 2 is 2.11 bits per heavy atom. The second kappa shape index (κ2) is 5.07. The Labute approximate surface area is 117 Å². The molecule has 106 valence electrons. The zero-order valence-corrected chi connectivity index (χ0v) is 12.4. The lowest BCUT2D eigenvalue weighted by Crippen LogP contribution is -2.55. The fourth-order valence-corrected chi connectivity index (χ4v) is 4.76. The number of nitriles is 1. The van der Waals surface area contributed by atoms with E-state index in [2.05, 4.69) is 30.1 Å². The molecule has 3 fully saturated rings. The first-order chi connectivity index (χ1) is 9.12. The molecule has 4 unspecified atom stereocenters. The zero-order chi connectivity index (χ0) is 13.5. The minimum Gasteiger partial charge on any atom is -0.297 e. The number of rotatable bonds is 3. The average Bonchev–Trinajstić information content (AvgIpc) is 3.00. The maximum Gasteiger partial charge on any atom is 0.108 e. The van der Waals surface area contributed by atoms with Gasteiger partial charge in [-0.15, -0.1) is 0 Å². The Kier molecular flexibility index (Phi) is 3.57. The van der Waals surface area contributed by atoms with Gasteiger partial charge in [-0.25, -0.2) is 0 Å². The van der Waals surface area contributed by atoms with E-state index in [4.69, 9.17) is 0 Å². The molecule has 19 heavy (non-hydrogen) atoms. The summed E-state index contributed by atoms with van der Waals surface area (Å²) >= 11 is 0. The van der Waals surface area contributed by atoms with Crippen LogP contribution in [0.4, 0.5) is 0 Å². The van der Waals surface area contributed by atoms with E-state index in [0.717, 1.165) is 24.8 Å². The average molecular weight is 261 g/mol. The van der Waals surface area contributed by atoms with Crippen molar-refractivity contribution in [2.75, 3.05) is 6.54 Å². The smallest absolute Gasteiger partial charge is 0.108 e. The molecule has 4 atom stereocenters. The Hall–Kier alpha value is -0.590. The van der Waals surface area contributed by atoms with E-state index in [-0.39, 0.29) is 5.54 Å². The molecule has 0 radical (unpaired) electrons. The Morgan fingerprint density at radius 1 is 1.26 bits per heavy atom. The molecule has 0 spiro atoms. The minimum absolute atomic E-state index is 0.265. The summed E-state index contributed by atoms with van der Waals surface area (Å²) in [4.78, 5) is 2.75. The molecule has 1 N–H and O–H groups in total. The first-order valence-corrected chi connectivity index (χ1v) is 8.06. The number of piperidine rings is 1. The highest BCUT2D eigenvalue weighted by atomic mass is 15.2. The summed E-state index contributed by atoms with van der Waals surface area (Å²) < 4.78 is 0. The van der Waals surface area contributed by atoms with Gasteiger partial charge in [0.15, 0.2) is 0 Å². The highest BCUT2D eigenvalue weighted by molar-refractivity contribution is 5.12. The number of hydrogen-bond donors (Lipinski definition) is 1. The summed E-state index contributed by atoms with van der Waals surface area (Å²) in [5, 5.41) is 13.2. The second-order valence-corrected chi connectivity index (χ2v) is 7.27. The molecule has 1 aliphatic heterocycles. The van der Waals surface area contributed by atoms with Crippen LogP contribution in [-0.4, -0.2) is 35.1 Å². The van der Waals surface area contributed by atoms with Crippen LogP contribution >= 0.6 is 0 Å². The Balaban J connectivity index is 1.69. The number of fused-ring (bicyclic) bond motifs is 2. The molecule has 2 bridgehead atoms. The van der Waals surface area contributed by atoms with Crippen LogP contribution in [-0.2, 0) is 0 Å². The molecule has 2 aliphatic carbocycles. The van der Waals surface area contributed by atoms with Crippen LogP contribution in [0.3, 0.4) is 0 Å². The van der Waals surface area contributed by atoms with Gasteiger partial charge in [0.25, 0.3) is 0 Å². The van der Waals surface area contributed by atoms with Gasteiger partial charge in [0, 0.05) is 24.7 Å². The first-order valence-electron chi connectivity index (χ1n) is 8.06. The highest BCUT2D eigenvalue weighted by Crippen LogP contribution is 2.42. The topological polar surface area (TPSA) is 39.1 Å². The summed E-state index contributed by atoms with van der Waals surface area (Å²) in [5.41, 5.74) is -0.265. The van der Waals surface area contributed by atoms with Crippen LogP contribution in [0.2, 0.25) is 0 Å². The van der Waals surface area contributed by atoms with Gasteiger partial charge >= 0.3 is 0 Å². The van der Waals surface area contributed by atoms with E-state index in [1.807, 2.05) is 0 Å². The standard InChI is InChI=1S/C16H27N3/c1-12(2)18-16(11-17)7-3-4-15(9-16)19-10-13-5-6-14(19)8-13/h12-15,18H,3-10H2,1-2H3. The molecular weight excluding hydrogens is 234 g/mol. The predicted molar refractivity (Wildman–Crippen MR) is 76.7 cm³/mol. The summed E-state index contributed by atoms with van der Waals surface area (Å²) in [7, 11) is 0. The van der Waals surface area contributed by atoms with Crippen molar-refractivity contribution in [2.45, 2.75) is 82.5 Å². The maximum absolute atomic E-state index is 9.65. The summed E-state index contributed by atoms with van der Waals surface area (Å²) in [6, 6.07) is 4.49. The number of nitrogens with one attached hydrogen (secondary N) is 1. The van der Waals surface area contributed by atoms with Gasteiger partial charge in [-0.2, -0.15) is 5.26 Å². The van der Waals surface area contributed by atoms with Crippen LogP contribution in [0.25, 0.3) is 0 Å². The van der Waals surface area contributed by atoms with Crippen molar-refractivity contribution in [3.05, 3.63) is 0 Å². The normalized spacial score (nSPS) is 42.7. The van der Waals surface area contributed by atoms with Gasteiger partial charge in [-0.05, 0) is 64.7 Å². The van der Waals surface area contributed by atoms with Crippen LogP contribution in [0.15, 0.2) is 0 Å². The Bertz CT molecular complexity index is 373. The minimum atomic E-state index is -0.265. The number of hydrogen-bond acceptors (Lipinski definition) is 3. The van der Waals surface area contributed by atoms with Crippen molar-refractivity contribution >= 4 is 0 Å². The maximum atomic E-state index is 9.65. The molecular formula is C16H27N3. The molecule has 3 nitrogen and oxygen atoms in total. The van der Waals surface area contributed by atoms with Crippen molar-refractivity contribution in [3.8, 4) is 6.07 Å². The Morgan fingerprint density at radius 3 is 2.68 bits per heavy atom. The molecule has 0 amide bonds. The molecule has 0 aromatic heterocycles. The molecule has 3 heteroatoms. The summed E-state index contributed by atoms with van der Waals surface area (Å²) in [6.07, 6.45) is 8.83. The second-order valence-electron chi connectivity index (χ2n) is 7.27. The fraction of sp³-hybridized carbons (Fsp3) is 0.938. The van der Waals surface area contributed by atoms with Crippen LogP contribution in [0, 0.1) is 17.2 Å². The SMILES string of the molecule is CC(C)NC1(C#N)CCCC(N2CC3CCC2C3)C1. The largest absolute Gasteiger partial charge is 0.297 e. The van der Waals surface area contributed by atoms with Gasteiger partial charge < -0.3 is 0 Å². The van der Waals surface area contributed by atoms with Gasteiger partial charge in [0.2, 0.25) is 0 Å². The van der Waals surface area contributed by atoms with Gasteiger partial charge in [0.05, 0.1) is 6.07 Å². The van der Waals surface area contributed by atoms with Gasteiger partial charge in [0.1, 0.15) is 5.54 Å². The van der Waals surface area contributed by atoms with Crippen molar-refractivity contribution < 1.29 is 0 Å². The fourth-order valence-electron chi connectivity index (χ4n) is 4.76. The van der Waals surface area contributed by atoms with E-state index in [9.17, 15) is 5.26 Å². The molecule has 1 saturated heterocycles. The molecule has 0 aromatic carbocycles. The van der Waals surface area contributed by atoms with E-state index in [0.29, 0.717) is 12.1 Å². The van der Waals surface area contributed by atoms with Crippen LogP contribution in [0.5, 0.6) is 0 Å². The van der Waals surface area contributed by atoms with E-state index in [1.165, 1.54) is 38.6 Å². The quantitative estimate of drug-likeness (QED) is 0.849. The van der Waals surface area contributed by atoms with E-state index >= 15 is 0 Å². The first kappa shape index (κ1) is 13.4. The lowest BCUT2D eigenvalue weighted by Gasteiger charge is -2.44. The van der Waals surface area contributed by atoms with Crippen molar-refractivity contribution in [1.82, 2.24) is 10.2 Å².